The fourth-order valence-electron chi connectivity index (χ4n) is 1.28. The largest absolute Gasteiger partial charge is 0.326 e. The Labute approximate surface area is 101 Å². The number of halogens is 2. The predicted octanol–water partition coefficient (Wildman–Crippen LogP) is 2.38. The van der Waals surface area contributed by atoms with Crippen LogP contribution in [-0.2, 0) is 6.54 Å². The fourth-order valence-corrected chi connectivity index (χ4v) is 1.28. The zero-order valence-corrected chi connectivity index (χ0v) is 9.65. The maximum Gasteiger partial charge on any atom is 0.0650 e. The molecule has 2 rings (SSSR count). The molecule has 0 aliphatic rings. The lowest BCUT2D eigenvalue weighted by Crippen LogP contribution is -1.95. The van der Waals surface area contributed by atoms with Crippen molar-refractivity contribution < 1.29 is 0 Å². The van der Waals surface area contributed by atoms with Crippen molar-refractivity contribution in [2.24, 2.45) is 5.73 Å². The molecule has 2 aromatic rings. The smallest absolute Gasteiger partial charge is 0.0650 e. The molecule has 3 N–H and O–H groups in total. The van der Waals surface area contributed by atoms with Crippen LogP contribution in [0.5, 0.6) is 0 Å². The number of aromatic nitrogens is 2. The number of nitrogens with two attached hydrogens (primary N) is 1. The molecule has 0 aliphatic heterocycles. The van der Waals surface area contributed by atoms with Gasteiger partial charge in [0.1, 0.15) is 0 Å². The van der Waals surface area contributed by atoms with E-state index in [4.69, 9.17) is 5.73 Å². The minimum absolute atomic E-state index is 0. The highest BCUT2D eigenvalue weighted by Gasteiger charge is 1.98. The Morgan fingerprint density at radius 1 is 1.20 bits per heavy atom. The van der Waals surface area contributed by atoms with E-state index in [-0.39, 0.29) is 24.8 Å². The molecule has 0 bridgehead atoms. The van der Waals surface area contributed by atoms with Crippen molar-refractivity contribution in [2.75, 3.05) is 0 Å². The Morgan fingerprint density at radius 2 is 2.00 bits per heavy atom. The van der Waals surface area contributed by atoms with Crippen molar-refractivity contribution in [3.8, 4) is 11.3 Å². The Balaban J connectivity index is 0.000000980. The molecule has 1 aromatic carbocycles. The van der Waals surface area contributed by atoms with Crippen LogP contribution in [0.2, 0.25) is 0 Å². The van der Waals surface area contributed by atoms with E-state index >= 15 is 0 Å². The minimum atomic E-state index is 0. The van der Waals surface area contributed by atoms with Crippen LogP contribution in [0.3, 0.4) is 0 Å². The Kier molecular flexibility index (Phi) is 6.01. The second-order valence-corrected chi connectivity index (χ2v) is 2.87. The summed E-state index contributed by atoms with van der Waals surface area (Å²) in [6, 6.07) is 10.0. The van der Waals surface area contributed by atoms with Gasteiger partial charge in [0.05, 0.1) is 5.69 Å². The summed E-state index contributed by atoms with van der Waals surface area (Å²) in [7, 11) is 0. The van der Waals surface area contributed by atoms with Crippen LogP contribution in [0.1, 0.15) is 5.56 Å². The molecule has 1 aromatic heterocycles. The average Bonchev–Trinajstić information content (AvgIpc) is 2.71. The topological polar surface area (TPSA) is 54.7 Å². The zero-order valence-electron chi connectivity index (χ0n) is 8.01. The lowest BCUT2D eigenvalue weighted by atomic mass is 10.1. The molecule has 0 radical (unpaired) electrons. The first kappa shape index (κ1) is 14.0. The van der Waals surface area contributed by atoms with Gasteiger partial charge in [0, 0.05) is 12.7 Å². The monoisotopic (exact) mass is 245 g/mol. The summed E-state index contributed by atoms with van der Waals surface area (Å²) in [4.78, 5) is 0. The predicted molar refractivity (Wildman–Crippen MR) is 66.4 cm³/mol. The lowest BCUT2D eigenvalue weighted by molar-refractivity contribution is 1.07. The van der Waals surface area contributed by atoms with E-state index in [1.54, 1.807) is 6.20 Å². The summed E-state index contributed by atoms with van der Waals surface area (Å²) in [5.41, 5.74) is 8.83. The molecule has 0 aliphatic carbocycles. The molecule has 0 unspecified atom stereocenters. The van der Waals surface area contributed by atoms with Gasteiger partial charge in [-0.3, -0.25) is 5.10 Å². The summed E-state index contributed by atoms with van der Waals surface area (Å²) in [6.07, 6.45) is 1.74. The van der Waals surface area contributed by atoms with E-state index in [0.717, 1.165) is 16.8 Å². The quantitative estimate of drug-likeness (QED) is 0.854. The van der Waals surface area contributed by atoms with Crippen LogP contribution in [0, 0.1) is 0 Å². The van der Waals surface area contributed by atoms with Crippen molar-refractivity contribution >= 4 is 24.8 Å². The van der Waals surface area contributed by atoms with E-state index in [2.05, 4.69) is 16.3 Å². The van der Waals surface area contributed by atoms with E-state index < -0.39 is 0 Å². The number of H-pyrrole nitrogens is 1. The van der Waals surface area contributed by atoms with Crippen LogP contribution in [-0.4, -0.2) is 10.2 Å². The van der Waals surface area contributed by atoms with Gasteiger partial charge in [-0.25, -0.2) is 0 Å². The Bertz CT molecular complexity index is 387. The molecule has 0 saturated carbocycles. The maximum atomic E-state index is 5.55. The highest BCUT2D eigenvalue weighted by molar-refractivity contribution is 5.85. The van der Waals surface area contributed by atoms with Crippen molar-refractivity contribution in [3.05, 3.63) is 42.1 Å². The van der Waals surface area contributed by atoms with Gasteiger partial charge in [-0.05, 0) is 23.3 Å². The molecule has 0 amide bonds. The summed E-state index contributed by atoms with van der Waals surface area (Å²) < 4.78 is 0. The van der Waals surface area contributed by atoms with Crippen LogP contribution in [0.15, 0.2) is 36.5 Å². The first-order valence-electron chi connectivity index (χ1n) is 4.19. The summed E-state index contributed by atoms with van der Waals surface area (Å²) in [6.45, 7) is 0.571. The Morgan fingerprint density at radius 3 is 2.60 bits per heavy atom. The molecular formula is C10H13Cl2N3. The first-order valence-corrected chi connectivity index (χ1v) is 4.19. The van der Waals surface area contributed by atoms with Crippen LogP contribution >= 0.6 is 24.8 Å². The van der Waals surface area contributed by atoms with Crippen molar-refractivity contribution in [1.82, 2.24) is 10.2 Å². The molecule has 5 heteroatoms. The summed E-state index contributed by atoms with van der Waals surface area (Å²) >= 11 is 0. The number of rotatable bonds is 2. The fraction of sp³-hybridized carbons (Fsp3) is 0.100. The normalized spacial score (nSPS) is 8.87. The second-order valence-electron chi connectivity index (χ2n) is 2.87. The lowest BCUT2D eigenvalue weighted by Gasteiger charge is -2.00. The standard InChI is InChI=1S/C10H11N3.2ClH/c11-7-8-2-1-3-9(6-8)10-4-5-12-13-10;;/h1-6H,7,11H2,(H,12,13);2*1H. The van der Waals surface area contributed by atoms with Crippen molar-refractivity contribution in [3.63, 3.8) is 0 Å². The zero-order chi connectivity index (χ0) is 9.10. The molecule has 0 fully saturated rings. The second kappa shape index (κ2) is 6.45. The summed E-state index contributed by atoms with van der Waals surface area (Å²) in [5, 5.41) is 6.81. The van der Waals surface area contributed by atoms with E-state index in [1.165, 1.54) is 0 Å². The van der Waals surface area contributed by atoms with Gasteiger partial charge < -0.3 is 5.73 Å². The van der Waals surface area contributed by atoms with Gasteiger partial charge in [0.25, 0.3) is 0 Å². The van der Waals surface area contributed by atoms with Crippen molar-refractivity contribution in [2.45, 2.75) is 6.54 Å². The summed E-state index contributed by atoms with van der Waals surface area (Å²) in [5.74, 6) is 0. The molecule has 3 nitrogen and oxygen atoms in total. The number of hydrogen-bond acceptors (Lipinski definition) is 2. The highest BCUT2D eigenvalue weighted by Crippen LogP contribution is 2.16. The number of benzene rings is 1. The third-order valence-corrected chi connectivity index (χ3v) is 1.97. The van der Waals surface area contributed by atoms with Gasteiger partial charge in [0.15, 0.2) is 0 Å². The first-order chi connectivity index (χ1) is 6.40. The number of hydrogen-bond donors (Lipinski definition) is 2. The van der Waals surface area contributed by atoms with Crippen LogP contribution in [0.25, 0.3) is 11.3 Å². The third-order valence-electron chi connectivity index (χ3n) is 1.97. The molecule has 82 valence electrons. The number of nitrogens with zero attached hydrogens (tertiary/aromatic N) is 1. The van der Waals surface area contributed by atoms with Crippen LogP contribution < -0.4 is 5.73 Å². The number of aromatic amines is 1. The van der Waals surface area contributed by atoms with Gasteiger partial charge in [-0.1, -0.05) is 18.2 Å². The third kappa shape index (κ3) is 3.23. The molecular weight excluding hydrogens is 233 g/mol. The van der Waals surface area contributed by atoms with E-state index in [1.807, 2.05) is 24.3 Å². The van der Waals surface area contributed by atoms with E-state index in [0.29, 0.717) is 6.54 Å². The molecule has 0 atom stereocenters. The van der Waals surface area contributed by atoms with Crippen LogP contribution in [0.4, 0.5) is 0 Å². The molecule has 0 saturated heterocycles. The van der Waals surface area contributed by atoms with Gasteiger partial charge in [-0.2, -0.15) is 5.10 Å². The number of nitrogens with one attached hydrogen (secondary N) is 1. The molecule has 1 heterocycles. The highest BCUT2D eigenvalue weighted by atomic mass is 35.5. The Hall–Kier alpha value is -1.03. The minimum Gasteiger partial charge on any atom is -0.326 e. The van der Waals surface area contributed by atoms with E-state index in [9.17, 15) is 0 Å². The van der Waals surface area contributed by atoms with Gasteiger partial charge >= 0.3 is 0 Å². The average molecular weight is 246 g/mol. The van der Waals surface area contributed by atoms with Crippen molar-refractivity contribution in [1.29, 1.82) is 0 Å². The van der Waals surface area contributed by atoms with Gasteiger partial charge in [-0.15, -0.1) is 24.8 Å². The molecule has 0 spiro atoms. The van der Waals surface area contributed by atoms with Gasteiger partial charge in [0.2, 0.25) is 0 Å². The molecule has 15 heavy (non-hydrogen) atoms. The maximum absolute atomic E-state index is 5.55. The SMILES string of the molecule is Cl.Cl.NCc1cccc(-c2ccn[nH]2)c1.